The number of phenolic OH excluding ortho intramolecular Hbond substituents is 1. The molecule has 1 aromatic heterocycles. The molecule has 0 spiro atoms. The van der Waals surface area contributed by atoms with Gasteiger partial charge in [-0.25, -0.2) is 9.07 Å². The summed E-state index contributed by atoms with van der Waals surface area (Å²) in [4.78, 5) is 12.5. The Hall–Kier alpha value is -2.51. The SMILES string of the molecule is Cn1c(=O)c(-c2cc(O)c(Cl)cc2F)nn(-c2ccccc2)c1=S. The molecule has 0 saturated heterocycles. The predicted molar refractivity (Wildman–Crippen MR) is 91.7 cm³/mol. The van der Waals surface area contributed by atoms with E-state index in [9.17, 15) is 14.3 Å². The summed E-state index contributed by atoms with van der Waals surface area (Å²) >= 11 is 10.9. The van der Waals surface area contributed by atoms with Crippen LogP contribution in [0.5, 0.6) is 5.75 Å². The average molecular weight is 364 g/mol. The van der Waals surface area contributed by atoms with Crippen molar-refractivity contribution in [2.45, 2.75) is 0 Å². The molecule has 2 aromatic carbocycles. The van der Waals surface area contributed by atoms with Crippen molar-refractivity contribution in [3.63, 3.8) is 0 Å². The quantitative estimate of drug-likeness (QED) is 0.708. The van der Waals surface area contributed by atoms with Crippen LogP contribution in [0.15, 0.2) is 47.3 Å². The Kier molecular flexibility index (Phi) is 4.21. The first kappa shape index (κ1) is 16.4. The number of phenols is 1. The standard InChI is InChI=1S/C16H11ClFN3O2S/c1-20-15(23)14(10-7-13(22)11(17)8-12(10)18)19-21(16(20)24)9-5-3-2-4-6-9/h2-8,22H,1H3. The lowest BCUT2D eigenvalue weighted by atomic mass is 10.1. The summed E-state index contributed by atoms with van der Waals surface area (Å²) in [5.41, 5.74) is -0.289. The number of para-hydroxylation sites is 1. The van der Waals surface area contributed by atoms with Crippen LogP contribution in [0.4, 0.5) is 4.39 Å². The largest absolute Gasteiger partial charge is 0.506 e. The fraction of sp³-hybridized carbons (Fsp3) is 0.0625. The van der Waals surface area contributed by atoms with Crippen LogP contribution in [0.1, 0.15) is 0 Å². The van der Waals surface area contributed by atoms with Crippen molar-refractivity contribution < 1.29 is 9.50 Å². The molecule has 0 atom stereocenters. The van der Waals surface area contributed by atoms with E-state index in [1.165, 1.54) is 16.3 Å². The van der Waals surface area contributed by atoms with Gasteiger partial charge < -0.3 is 5.11 Å². The van der Waals surface area contributed by atoms with Crippen LogP contribution in [0.3, 0.4) is 0 Å². The molecule has 1 heterocycles. The van der Waals surface area contributed by atoms with Crippen LogP contribution in [0.25, 0.3) is 16.9 Å². The first-order chi connectivity index (χ1) is 11.4. The number of benzene rings is 2. The van der Waals surface area contributed by atoms with Gasteiger partial charge in [-0.1, -0.05) is 29.8 Å². The van der Waals surface area contributed by atoms with E-state index in [4.69, 9.17) is 23.8 Å². The van der Waals surface area contributed by atoms with E-state index >= 15 is 0 Å². The van der Waals surface area contributed by atoms with Crippen molar-refractivity contribution in [2.75, 3.05) is 0 Å². The van der Waals surface area contributed by atoms with Gasteiger partial charge >= 0.3 is 0 Å². The molecule has 0 aliphatic rings. The molecule has 0 radical (unpaired) electrons. The lowest BCUT2D eigenvalue weighted by Crippen LogP contribution is -2.26. The topological polar surface area (TPSA) is 60.1 Å². The summed E-state index contributed by atoms with van der Waals surface area (Å²) in [6.45, 7) is 0. The highest BCUT2D eigenvalue weighted by atomic mass is 35.5. The zero-order valence-corrected chi connectivity index (χ0v) is 14.0. The van der Waals surface area contributed by atoms with Crippen molar-refractivity contribution in [2.24, 2.45) is 7.05 Å². The molecule has 0 saturated carbocycles. The molecule has 5 nitrogen and oxygen atoms in total. The lowest BCUT2D eigenvalue weighted by Gasteiger charge is -2.12. The van der Waals surface area contributed by atoms with Crippen molar-refractivity contribution in [1.29, 1.82) is 0 Å². The number of hydrogen-bond donors (Lipinski definition) is 1. The number of aromatic nitrogens is 3. The van der Waals surface area contributed by atoms with Gasteiger partial charge in [-0.15, -0.1) is 0 Å². The Morgan fingerprint density at radius 1 is 1.25 bits per heavy atom. The predicted octanol–water partition coefficient (Wildman–Crippen LogP) is 3.47. The van der Waals surface area contributed by atoms with Crippen molar-refractivity contribution >= 4 is 23.8 Å². The zero-order valence-electron chi connectivity index (χ0n) is 12.4. The zero-order chi connectivity index (χ0) is 17.4. The molecule has 1 N–H and O–H groups in total. The average Bonchev–Trinajstić information content (AvgIpc) is 2.57. The molecule has 0 aliphatic carbocycles. The number of hydrogen-bond acceptors (Lipinski definition) is 4. The Morgan fingerprint density at radius 2 is 1.92 bits per heavy atom. The van der Waals surface area contributed by atoms with Gasteiger partial charge in [0.05, 0.1) is 10.7 Å². The molecular weight excluding hydrogens is 353 g/mol. The van der Waals surface area contributed by atoms with Crippen LogP contribution in [0, 0.1) is 10.6 Å². The Morgan fingerprint density at radius 3 is 2.58 bits per heavy atom. The van der Waals surface area contributed by atoms with E-state index < -0.39 is 11.4 Å². The Bertz CT molecular complexity index is 1050. The third kappa shape index (κ3) is 2.72. The minimum absolute atomic E-state index is 0.149. The van der Waals surface area contributed by atoms with Crippen LogP contribution < -0.4 is 5.56 Å². The lowest BCUT2D eigenvalue weighted by molar-refractivity contribution is 0.473. The summed E-state index contributed by atoms with van der Waals surface area (Å²) in [6, 6.07) is 10.9. The van der Waals surface area contributed by atoms with Crippen LogP contribution in [-0.2, 0) is 7.05 Å². The van der Waals surface area contributed by atoms with E-state index in [0.29, 0.717) is 5.69 Å². The summed E-state index contributed by atoms with van der Waals surface area (Å²) in [5, 5.41) is 13.8. The van der Waals surface area contributed by atoms with Gasteiger partial charge in [0, 0.05) is 12.6 Å². The van der Waals surface area contributed by atoms with Crippen LogP contribution in [0.2, 0.25) is 5.02 Å². The molecule has 0 amide bonds. The monoisotopic (exact) mass is 363 g/mol. The summed E-state index contributed by atoms with van der Waals surface area (Å²) in [6.07, 6.45) is 0. The molecule has 0 fully saturated rings. The van der Waals surface area contributed by atoms with Gasteiger partial charge in [0.15, 0.2) is 5.69 Å². The number of halogens is 2. The molecule has 0 unspecified atom stereocenters. The van der Waals surface area contributed by atoms with E-state index in [-0.39, 0.29) is 26.8 Å². The van der Waals surface area contributed by atoms with Gasteiger partial charge in [-0.3, -0.25) is 9.36 Å². The maximum absolute atomic E-state index is 14.2. The smallest absolute Gasteiger partial charge is 0.281 e. The van der Waals surface area contributed by atoms with Crippen LogP contribution >= 0.6 is 23.8 Å². The molecule has 122 valence electrons. The Balaban J connectivity index is 2.35. The molecule has 3 aromatic rings. The molecule has 0 bridgehead atoms. The highest BCUT2D eigenvalue weighted by molar-refractivity contribution is 7.71. The molecule has 24 heavy (non-hydrogen) atoms. The van der Waals surface area contributed by atoms with E-state index in [1.54, 1.807) is 24.3 Å². The van der Waals surface area contributed by atoms with E-state index in [0.717, 1.165) is 12.1 Å². The number of aromatic hydroxyl groups is 1. The van der Waals surface area contributed by atoms with Crippen molar-refractivity contribution in [3.8, 4) is 22.7 Å². The van der Waals surface area contributed by atoms with Crippen LogP contribution in [-0.4, -0.2) is 19.5 Å². The second kappa shape index (κ2) is 6.18. The molecule has 0 aliphatic heterocycles. The number of nitrogens with zero attached hydrogens (tertiary/aromatic N) is 3. The molecule has 3 rings (SSSR count). The first-order valence-corrected chi connectivity index (χ1v) is 7.63. The van der Waals surface area contributed by atoms with Gasteiger partial charge in [0.25, 0.3) is 5.56 Å². The molecule has 8 heteroatoms. The minimum Gasteiger partial charge on any atom is -0.506 e. The number of rotatable bonds is 2. The molecular formula is C16H11ClFN3O2S. The highest BCUT2D eigenvalue weighted by Crippen LogP contribution is 2.30. The maximum atomic E-state index is 14.2. The van der Waals surface area contributed by atoms with Crippen molar-refractivity contribution in [1.82, 2.24) is 14.3 Å². The second-order valence-electron chi connectivity index (χ2n) is 5.03. The third-order valence-corrected chi connectivity index (χ3v) is 4.22. The second-order valence-corrected chi connectivity index (χ2v) is 5.80. The van der Waals surface area contributed by atoms with Gasteiger partial charge in [0.1, 0.15) is 11.6 Å². The van der Waals surface area contributed by atoms with Gasteiger partial charge in [-0.2, -0.15) is 5.10 Å². The fourth-order valence-corrected chi connectivity index (χ4v) is 2.58. The summed E-state index contributed by atoms with van der Waals surface area (Å²) < 4.78 is 17.0. The summed E-state index contributed by atoms with van der Waals surface area (Å²) in [5.74, 6) is -1.11. The van der Waals surface area contributed by atoms with Crippen molar-refractivity contribution in [3.05, 3.63) is 68.4 Å². The van der Waals surface area contributed by atoms with Gasteiger partial charge in [0.2, 0.25) is 4.77 Å². The highest BCUT2D eigenvalue weighted by Gasteiger charge is 2.17. The Labute approximate surface area is 146 Å². The minimum atomic E-state index is -0.765. The normalized spacial score (nSPS) is 10.8. The van der Waals surface area contributed by atoms with E-state index in [1.807, 2.05) is 6.07 Å². The fourth-order valence-electron chi connectivity index (χ4n) is 2.20. The third-order valence-electron chi connectivity index (χ3n) is 3.47. The maximum Gasteiger partial charge on any atom is 0.281 e. The van der Waals surface area contributed by atoms with Gasteiger partial charge in [-0.05, 0) is 36.5 Å². The summed E-state index contributed by atoms with van der Waals surface area (Å²) in [7, 11) is 1.48. The van der Waals surface area contributed by atoms with E-state index in [2.05, 4.69) is 5.10 Å². The first-order valence-electron chi connectivity index (χ1n) is 6.84.